The summed E-state index contributed by atoms with van der Waals surface area (Å²) in [6.07, 6.45) is 31.4. The summed E-state index contributed by atoms with van der Waals surface area (Å²) < 4.78 is 33.5. The first-order valence-electron chi connectivity index (χ1n) is 31.6. The van der Waals surface area contributed by atoms with Crippen LogP contribution in [0.4, 0.5) is 14.0 Å². The van der Waals surface area contributed by atoms with Gasteiger partial charge in [0, 0.05) is 38.2 Å². The molecule has 2 amide bonds. The number of esters is 1. The van der Waals surface area contributed by atoms with E-state index in [-0.39, 0.29) is 63.5 Å². The van der Waals surface area contributed by atoms with Crippen LogP contribution in [0.1, 0.15) is 244 Å². The molecule has 0 aliphatic carbocycles. The summed E-state index contributed by atoms with van der Waals surface area (Å²) in [6.45, 7) is 12.5. The molecule has 0 aliphatic rings. The molecule has 2 aromatic carbocycles. The highest BCUT2D eigenvalue weighted by molar-refractivity contribution is 5.79. The fourth-order valence-electron chi connectivity index (χ4n) is 10.1. The van der Waals surface area contributed by atoms with Gasteiger partial charge in [-0.1, -0.05) is 230 Å². The molecule has 0 heterocycles. The summed E-state index contributed by atoms with van der Waals surface area (Å²) in [5.41, 5.74) is -0.00271. The number of rotatable bonds is 48. The van der Waals surface area contributed by atoms with Crippen molar-refractivity contribution in [2.45, 2.75) is 264 Å². The minimum Gasteiger partial charge on any atom is -0.463 e. The Balaban J connectivity index is 0.000000868. The number of alkyl halides is 1. The number of carbonyl (C=O) groups is 3. The summed E-state index contributed by atoms with van der Waals surface area (Å²) in [7, 11) is 8.15. The van der Waals surface area contributed by atoms with E-state index in [1.165, 1.54) is 83.5 Å². The monoisotopic (exact) mass is 1100 g/mol. The molecular weight excluding hydrogens is 980 g/mol. The van der Waals surface area contributed by atoms with E-state index >= 15 is 4.39 Å². The van der Waals surface area contributed by atoms with Crippen molar-refractivity contribution >= 4 is 18.2 Å². The number of benzene rings is 2. The zero-order chi connectivity index (χ0) is 57.3. The number of aliphatic hydroxyl groups is 1. The summed E-state index contributed by atoms with van der Waals surface area (Å²) >= 11 is 0. The van der Waals surface area contributed by atoms with Crippen molar-refractivity contribution < 1.29 is 38.1 Å². The van der Waals surface area contributed by atoms with Crippen LogP contribution in [-0.4, -0.2) is 128 Å². The molecule has 12 heteroatoms. The molecule has 0 aromatic heterocycles. The zero-order valence-corrected chi connectivity index (χ0v) is 51.3. The van der Waals surface area contributed by atoms with Gasteiger partial charge in [-0.05, 0) is 110 Å². The van der Waals surface area contributed by atoms with E-state index in [1.54, 1.807) is 0 Å². The van der Waals surface area contributed by atoms with Crippen molar-refractivity contribution in [1.29, 1.82) is 0 Å². The predicted octanol–water partition coefficient (Wildman–Crippen LogP) is 16.9. The van der Waals surface area contributed by atoms with Crippen molar-refractivity contribution in [2.75, 3.05) is 67.6 Å². The van der Waals surface area contributed by atoms with Crippen LogP contribution < -0.4 is 0 Å². The molecule has 3 atom stereocenters. The SMILES string of the molecule is CCCCCCCCCC(CCO)N(CCCN(C)C)C(=O)OCc1ccccc1.CCCCCCCCCC(CCOC(=O)C(F)(CCCCCC)CCCCCCCC)N(CCCN(C)C)C(=O)OCc1ccccc1. The van der Waals surface area contributed by atoms with Gasteiger partial charge in [-0.3, -0.25) is 0 Å². The van der Waals surface area contributed by atoms with Crippen molar-refractivity contribution in [2.24, 2.45) is 0 Å². The molecule has 0 saturated carbocycles. The van der Waals surface area contributed by atoms with Gasteiger partial charge in [0.2, 0.25) is 5.67 Å². The molecule has 3 unspecified atom stereocenters. The number of amides is 2. The summed E-state index contributed by atoms with van der Waals surface area (Å²) in [5, 5.41) is 9.60. The lowest BCUT2D eigenvalue weighted by Crippen LogP contribution is -2.43. The van der Waals surface area contributed by atoms with Gasteiger partial charge in [-0.2, -0.15) is 0 Å². The zero-order valence-electron chi connectivity index (χ0n) is 51.3. The number of ether oxygens (including phenoxy) is 3. The highest BCUT2D eigenvalue weighted by atomic mass is 19.1. The maximum absolute atomic E-state index is 16.3. The van der Waals surface area contributed by atoms with Crippen molar-refractivity contribution in [1.82, 2.24) is 19.6 Å². The number of hydrogen-bond donors (Lipinski definition) is 1. The number of unbranched alkanes of at least 4 members (excludes halogenated alkanes) is 20. The smallest absolute Gasteiger partial charge is 0.410 e. The Kier molecular flexibility index (Phi) is 45.5. The number of hydrogen-bond acceptors (Lipinski definition) is 9. The summed E-state index contributed by atoms with van der Waals surface area (Å²) in [5.74, 6) is -0.715. The molecule has 450 valence electrons. The van der Waals surface area contributed by atoms with Gasteiger partial charge in [0.1, 0.15) is 13.2 Å². The van der Waals surface area contributed by atoms with E-state index in [0.29, 0.717) is 38.8 Å². The first-order chi connectivity index (χ1) is 37.8. The summed E-state index contributed by atoms with van der Waals surface area (Å²) in [4.78, 5) is 47.8. The number of halogens is 1. The lowest BCUT2D eigenvalue weighted by molar-refractivity contribution is -0.159. The van der Waals surface area contributed by atoms with E-state index < -0.39 is 11.6 Å². The van der Waals surface area contributed by atoms with Crippen molar-refractivity contribution in [3.63, 3.8) is 0 Å². The molecule has 0 radical (unpaired) electrons. The molecule has 78 heavy (non-hydrogen) atoms. The van der Waals surface area contributed by atoms with E-state index in [4.69, 9.17) is 14.2 Å². The van der Waals surface area contributed by atoms with Gasteiger partial charge in [0.05, 0.1) is 6.61 Å². The van der Waals surface area contributed by atoms with Gasteiger partial charge in [-0.15, -0.1) is 0 Å². The van der Waals surface area contributed by atoms with Gasteiger partial charge >= 0.3 is 18.2 Å². The van der Waals surface area contributed by atoms with E-state index in [1.807, 2.05) is 98.7 Å². The molecular formula is C66H117FN4O7. The molecule has 0 spiro atoms. The molecule has 0 bridgehead atoms. The van der Waals surface area contributed by atoms with E-state index in [9.17, 15) is 19.5 Å². The predicted molar refractivity (Wildman–Crippen MR) is 324 cm³/mol. The third-order valence-electron chi connectivity index (χ3n) is 14.9. The fourth-order valence-corrected chi connectivity index (χ4v) is 10.1. The lowest BCUT2D eigenvalue weighted by atomic mass is 9.91. The Morgan fingerprint density at radius 2 is 0.795 bits per heavy atom. The van der Waals surface area contributed by atoms with Crippen LogP contribution in [0.2, 0.25) is 0 Å². The maximum atomic E-state index is 16.3. The van der Waals surface area contributed by atoms with E-state index in [2.05, 4.69) is 37.5 Å². The van der Waals surface area contributed by atoms with Crippen LogP contribution >= 0.6 is 0 Å². The maximum Gasteiger partial charge on any atom is 0.410 e. The quantitative estimate of drug-likeness (QED) is 0.0393. The Hall–Kier alpha value is -3.74. The van der Waals surface area contributed by atoms with Crippen LogP contribution in [0.15, 0.2) is 60.7 Å². The number of aliphatic hydroxyl groups excluding tert-OH is 1. The Morgan fingerprint density at radius 3 is 1.17 bits per heavy atom. The Bertz CT molecular complexity index is 1690. The fraction of sp³-hybridized carbons (Fsp3) is 0.773. The van der Waals surface area contributed by atoms with E-state index in [0.717, 1.165) is 108 Å². The lowest BCUT2D eigenvalue weighted by Gasteiger charge is -2.32. The Labute approximate surface area is 477 Å². The minimum absolute atomic E-state index is 0.0380. The summed E-state index contributed by atoms with van der Waals surface area (Å²) in [6, 6.07) is 19.4. The van der Waals surface area contributed by atoms with Crippen molar-refractivity contribution in [3.05, 3.63) is 71.8 Å². The molecule has 11 nitrogen and oxygen atoms in total. The standard InChI is InChI=1S/C41H73FN2O4.C25H44N2O3/c1-6-9-12-15-17-18-23-29-38(44(34-26-33-43(4)5)40(46)48-36-37-27-21-20-22-28-37)30-35-47-39(45)41(42,31-24-14-11-8-3)32-25-19-16-13-10-7-2;1-4-5-6-7-8-9-13-17-24(18-21-28)27(20-14-19-26(2)3)25(29)30-22-23-15-11-10-12-16-23/h20-22,27-28,38H,6-19,23-26,29-36H2,1-5H3;10-12,15-16,24,28H,4-9,13-14,17-22H2,1-3H3. The molecule has 1 N–H and O–H groups in total. The second-order valence-electron chi connectivity index (χ2n) is 22.6. The van der Waals surface area contributed by atoms with Gasteiger partial charge in [-0.25, -0.2) is 18.8 Å². The van der Waals surface area contributed by atoms with Crippen LogP contribution in [-0.2, 0) is 32.2 Å². The van der Waals surface area contributed by atoms with Crippen molar-refractivity contribution in [3.8, 4) is 0 Å². The highest BCUT2D eigenvalue weighted by Gasteiger charge is 2.39. The van der Waals surface area contributed by atoms with Crippen LogP contribution in [0.25, 0.3) is 0 Å². The van der Waals surface area contributed by atoms with Crippen LogP contribution in [0.5, 0.6) is 0 Å². The third-order valence-corrected chi connectivity index (χ3v) is 14.9. The van der Waals surface area contributed by atoms with Gasteiger partial charge in [0.15, 0.2) is 0 Å². The average Bonchev–Trinajstić information content (AvgIpc) is 3.43. The topological polar surface area (TPSA) is 112 Å². The largest absolute Gasteiger partial charge is 0.463 e. The van der Waals surface area contributed by atoms with Gasteiger partial charge < -0.3 is 38.9 Å². The average molecular weight is 1100 g/mol. The van der Waals surface area contributed by atoms with Gasteiger partial charge in [0.25, 0.3) is 0 Å². The number of nitrogens with zero attached hydrogens (tertiary/aromatic N) is 4. The molecule has 2 rings (SSSR count). The molecule has 0 saturated heterocycles. The molecule has 2 aromatic rings. The minimum atomic E-state index is -1.94. The highest BCUT2D eigenvalue weighted by Crippen LogP contribution is 2.30. The van der Waals surface area contributed by atoms with Crippen LogP contribution in [0.3, 0.4) is 0 Å². The first kappa shape index (κ1) is 72.3. The molecule has 0 fully saturated rings. The normalized spacial score (nSPS) is 12.9. The second kappa shape index (κ2) is 49.1. The number of carbonyl (C=O) groups excluding carboxylic acids is 3. The second-order valence-corrected chi connectivity index (χ2v) is 22.6. The first-order valence-corrected chi connectivity index (χ1v) is 31.6. The van der Waals surface area contributed by atoms with Crippen LogP contribution in [0, 0.1) is 0 Å². The Morgan fingerprint density at radius 1 is 0.449 bits per heavy atom. The molecule has 0 aliphatic heterocycles. The third kappa shape index (κ3) is 37.2.